The van der Waals surface area contributed by atoms with Crippen molar-refractivity contribution in [3.05, 3.63) is 35.4 Å². The number of rotatable bonds is 5. The summed E-state index contributed by atoms with van der Waals surface area (Å²) in [6.45, 7) is 9.73. The molecule has 0 nitrogen and oxygen atoms in total. The molecule has 1 aromatic rings. The van der Waals surface area contributed by atoms with E-state index in [-0.39, 0.29) is 0 Å². The van der Waals surface area contributed by atoms with Gasteiger partial charge in [-0.25, -0.2) is 0 Å². The topological polar surface area (TPSA) is 0 Å². The van der Waals surface area contributed by atoms with Crippen LogP contribution in [0.15, 0.2) is 24.3 Å². The Bertz CT molecular complexity index is 427. The molecule has 0 atom stereocenters. The first-order valence-electron chi connectivity index (χ1n) is 8.07. The van der Waals surface area contributed by atoms with Gasteiger partial charge in [-0.2, -0.15) is 11.8 Å². The van der Waals surface area contributed by atoms with Crippen molar-refractivity contribution in [1.29, 1.82) is 0 Å². The van der Waals surface area contributed by atoms with E-state index in [1.807, 2.05) is 0 Å². The smallest absolute Gasteiger partial charge is 0.0187 e. The first-order valence-corrected chi connectivity index (χ1v) is 9.22. The molecule has 0 spiro atoms. The fourth-order valence-corrected chi connectivity index (χ4v) is 4.88. The second-order valence-corrected chi connectivity index (χ2v) is 8.41. The van der Waals surface area contributed by atoms with Crippen LogP contribution in [-0.4, -0.2) is 5.75 Å². The average molecular weight is 291 g/mol. The lowest BCUT2D eigenvalue weighted by Crippen LogP contribution is -2.38. The molecule has 0 aliphatic heterocycles. The van der Waals surface area contributed by atoms with Crippen molar-refractivity contribution in [2.45, 2.75) is 65.6 Å². The van der Waals surface area contributed by atoms with Crippen LogP contribution in [0.25, 0.3) is 0 Å². The molecule has 0 unspecified atom stereocenters. The minimum absolute atomic E-state index is 0.445. The van der Waals surface area contributed by atoms with E-state index in [0.29, 0.717) is 10.8 Å². The molecule has 1 aromatic carbocycles. The van der Waals surface area contributed by atoms with Gasteiger partial charge >= 0.3 is 0 Å². The highest BCUT2D eigenvalue weighted by molar-refractivity contribution is 7.98. The second kappa shape index (κ2) is 6.56. The van der Waals surface area contributed by atoms with Crippen molar-refractivity contribution in [2.75, 3.05) is 5.75 Å². The molecular formula is C19H30S. The van der Waals surface area contributed by atoms with Crippen molar-refractivity contribution >= 4 is 11.8 Å². The third-order valence-corrected chi connectivity index (χ3v) is 7.01. The Labute approximate surface area is 129 Å². The van der Waals surface area contributed by atoms with Crippen molar-refractivity contribution in [3.63, 3.8) is 0 Å². The number of aryl methyl sites for hydroxylation is 1. The van der Waals surface area contributed by atoms with Gasteiger partial charge in [0, 0.05) is 5.75 Å². The predicted molar refractivity (Wildman–Crippen MR) is 92.3 cm³/mol. The summed E-state index contributed by atoms with van der Waals surface area (Å²) in [7, 11) is 0. The van der Waals surface area contributed by atoms with E-state index in [9.17, 15) is 0 Å². The molecule has 0 N–H and O–H groups in total. The predicted octanol–water partition coefficient (Wildman–Crippen LogP) is 6.22. The summed E-state index contributed by atoms with van der Waals surface area (Å²) in [6, 6.07) is 8.80. The van der Waals surface area contributed by atoms with E-state index in [0.717, 1.165) is 5.75 Å². The molecule has 0 aromatic heterocycles. The highest BCUT2D eigenvalue weighted by atomic mass is 32.2. The maximum atomic E-state index is 2.53. The van der Waals surface area contributed by atoms with Crippen molar-refractivity contribution in [1.82, 2.24) is 0 Å². The van der Waals surface area contributed by atoms with Crippen LogP contribution in [0.2, 0.25) is 0 Å². The molecule has 1 saturated carbocycles. The Morgan fingerprint density at radius 1 is 1.10 bits per heavy atom. The molecule has 0 saturated heterocycles. The van der Waals surface area contributed by atoms with Crippen LogP contribution < -0.4 is 0 Å². The van der Waals surface area contributed by atoms with E-state index in [2.05, 4.69) is 63.7 Å². The van der Waals surface area contributed by atoms with Crippen LogP contribution in [0.5, 0.6) is 0 Å². The van der Waals surface area contributed by atoms with Gasteiger partial charge in [-0.05, 0) is 47.5 Å². The summed E-state index contributed by atoms with van der Waals surface area (Å²) in [6.07, 6.45) is 7.16. The first kappa shape index (κ1) is 15.9. The Hall–Kier alpha value is -0.430. The number of hydrogen-bond acceptors (Lipinski definition) is 1. The molecule has 0 heterocycles. The number of hydrogen-bond donors (Lipinski definition) is 0. The molecule has 0 radical (unpaired) electrons. The first-order chi connectivity index (χ1) is 9.45. The number of thioether (sulfide) groups is 1. The molecule has 20 heavy (non-hydrogen) atoms. The van der Waals surface area contributed by atoms with Crippen LogP contribution in [0.4, 0.5) is 0 Å². The summed E-state index contributed by atoms with van der Waals surface area (Å²) in [5.74, 6) is 2.43. The van der Waals surface area contributed by atoms with Gasteiger partial charge in [0.2, 0.25) is 0 Å². The van der Waals surface area contributed by atoms with Gasteiger partial charge in [-0.3, -0.25) is 0 Å². The minimum Gasteiger partial charge on any atom is -0.157 e. The van der Waals surface area contributed by atoms with Crippen LogP contribution >= 0.6 is 11.8 Å². The van der Waals surface area contributed by atoms with Crippen molar-refractivity contribution < 1.29 is 0 Å². The highest BCUT2D eigenvalue weighted by Crippen LogP contribution is 2.50. The molecule has 0 amide bonds. The Kier molecular flexibility index (Phi) is 5.23. The third-order valence-electron chi connectivity index (χ3n) is 5.57. The molecular weight excluding hydrogens is 260 g/mol. The fraction of sp³-hybridized carbons (Fsp3) is 0.684. The van der Waals surface area contributed by atoms with E-state index in [4.69, 9.17) is 0 Å². The van der Waals surface area contributed by atoms with E-state index < -0.39 is 0 Å². The minimum atomic E-state index is 0.445. The zero-order valence-corrected chi connectivity index (χ0v) is 14.5. The van der Waals surface area contributed by atoms with Crippen molar-refractivity contribution in [3.8, 4) is 0 Å². The summed E-state index contributed by atoms with van der Waals surface area (Å²) >= 11 is 2.12. The maximum absolute atomic E-state index is 2.53. The normalized spacial score (nSPS) is 19.0. The molecule has 1 fully saturated rings. The van der Waals surface area contributed by atoms with Gasteiger partial charge < -0.3 is 0 Å². The lowest BCUT2D eigenvalue weighted by Gasteiger charge is -2.47. The average Bonchev–Trinajstić information content (AvgIpc) is 2.41. The maximum Gasteiger partial charge on any atom is 0.0187 e. The summed E-state index contributed by atoms with van der Waals surface area (Å²) in [5, 5.41) is 0. The van der Waals surface area contributed by atoms with E-state index in [1.54, 1.807) is 0 Å². The van der Waals surface area contributed by atoms with Gasteiger partial charge in [-0.1, -0.05) is 64.3 Å². The van der Waals surface area contributed by atoms with Crippen LogP contribution in [0, 0.1) is 17.8 Å². The summed E-state index contributed by atoms with van der Waals surface area (Å²) in [4.78, 5) is 0. The largest absolute Gasteiger partial charge is 0.157 e. The van der Waals surface area contributed by atoms with Gasteiger partial charge in [0.25, 0.3) is 0 Å². The molecule has 2 rings (SSSR count). The van der Waals surface area contributed by atoms with E-state index >= 15 is 0 Å². The van der Waals surface area contributed by atoms with Crippen LogP contribution in [0.1, 0.15) is 64.0 Å². The highest BCUT2D eigenvalue weighted by Gasteiger charge is 2.41. The Morgan fingerprint density at radius 2 is 1.75 bits per heavy atom. The third kappa shape index (κ3) is 3.61. The summed E-state index contributed by atoms with van der Waals surface area (Å²) in [5.41, 5.74) is 3.92. The second-order valence-electron chi connectivity index (χ2n) is 7.42. The quantitative estimate of drug-likeness (QED) is 0.620. The summed E-state index contributed by atoms with van der Waals surface area (Å²) < 4.78 is 0. The lowest BCUT2D eigenvalue weighted by molar-refractivity contribution is 0.0642. The Morgan fingerprint density at radius 3 is 2.40 bits per heavy atom. The number of benzene rings is 1. The van der Waals surface area contributed by atoms with Gasteiger partial charge in [0.1, 0.15) is 0 Å². The van der Waals surface area contributed by atoms with Crippen LogP contribution in [-0.2, 0) is 5.75 Å². The fourth-order valence-electron chi connectivity index (χ4n) is 3.37. The SMILES string of the molecule is Cc1ccccc1CSCC(C)(C)C1(C)CCCCC1. The van der Waals surface area contributed by atoms with Crippen molar-refractivity contribution in [2.24, 2.45) is 10.8 Å². The van der Waals surface area contributed by atoms with Gasteiger partial charge in [0.05, 0.1) is 0 Å². The van der Waals surface area contributed by atoms with Crippen LogP contribution in [0.3, 0.4) is 0 Å². The molecule has 0 bridgehead atoms. The molecule has 1 aliphatic carbocycles. The standard InChI is InChI=1S/C19H30S/c1-16-10-6-7-11-17(16)14-20-15-18(2,3)19(4)12-8-5-9-13-19/h6-7,10-11H,5,8-9,12-15H2,1-4H3. The molecule has 1 aliphatic rings. The lowest BCUT2D eigenvalue weighted by atomic mass is 9.60. The zero-order chi connectivity index (χ0) is 14.6. The molecule has 1 heteroatoms. The molecule has 112 valence electrons. The monoisotopic (exact) mass is 290 g/mol. The Balaban J connectivity index is 1.90. The van der Waals surface area contributed by atoms with Gasteiger partial charge in [0.15, 0.2) is 0 Å². The van der Waals surface area contributed by atoms with E-state index in [1.165, 1.54) is 49.0 Å². The van der Waals surface area contributed by atoms with Gasteiger partial charge in [-0.15, -0.1) is 0 Å². The zero-order valence-electron chi connectivity index (χ0n) is 13.7.